The number of rotatable bonds is 6. The van der Waals surface area contributed by atoms with Crippen LogP contribution in [0.2, 0.25) is 5.02 Å². The molecule has 0 spiro atoms. The van der Waals surface area contributed by atoms with Crippen LogP contribution in [0.1, 0.15) is 22.3 Å². The number of aryl methyl sites for hydroxylation is 2. The van der Waals surface area contributed by atoms with Gasteiger partial charge in [0.15, 0.2) is 0 Å². The minimum Gasteiger partial charge on any atom is -0.488 e. The van der Waals surface area contributed by atoms with Gasteiger partial charge >= 0.3 is 11.8 Å². The van der Waals surface area contributed by atoms with Gasteiger partial charge in [-0.05, 0) is 55.3 Å². The highest BCUT2D eigenvalue weighted by Gasteiger charge is 2.13. The van der Waals surface area contributed by atoms with Gasteiger partial charge in [-0.2, -0.15) is 5.10 Å². The van der Waals surface area contributed by atoms with Crippen LogP contribution < -0.4 is 15.5 Å². The van der Waals surface area contributed by atoms with Crippen molar-refractivity contribution in [3.63, 3.8) is 0 Å². The quantitative estimate of drug-likeness (QED) is 0.336. The Kier molecular flexibility index (Phi) is 7.40. The zero-order valence-corrected chi connectivity index (χ0v) is 17.9. The maximum absolute atomic E-state index is 12.1. The molecule has 3 rings (SSSR count). The van der Waals surface area contributed by atoms with E-state index < -0.39 is 11.8 Å². The SMILES string of the molecule is Cc1ccc(NC(=O)C(=O)N/N=C\c2ccccc2OCc2ccccc2Cl)cc1C. The molecule has 0 heterocycles. The van der Waals surface area contributed by atoms with Crippen LogP contribution in [0.5, 0.6) is 5.75 Å². The van der Waals surface area contributed by atoms with Crippen LogP contribution in [0.3, 0.4) is 0 Å². The summed E-state index contributed by atoms with van der Waals surface area (Å²) >= 11 is 6.16. The zero-order chi connectivity index (χ0) is 22.2. The molecule has 31 heavy (non-hydrogen) atoms. The fourth-order valence-corrected chi connectivity index (χ4v) is 2.90. The van der Waals surface area contributed by atoms with Gasteiger partial charge in [0.25, 0.3) is 0 Å². The molecule has 0 unspecified atom stereocenters. The Hall–Kier alpha value is -3.64. The van der Waals surface area contributed by atoms with Crippen molar-refractivity contribution in [1.82, 2.24) is 5.43 Å². The van der Waals surface area contributed by atoms with E-state index in [9.17, 15) is 9.59 Å². The molecule has 3 aromatic carbocycles. The lowest BCUT2D eigenvalue weighted by Gasteiger charge is -2.10. The molecule has 0 aromatic heterocycles. The number of halogens is 1. The molecule has 0 fully saturated rings. The topological polar surface area (TPSA) is 79.8 Å². The Morgan fingerprint density at radius 3 is 2.48 bits per heavy atom. The van der Waals surface area contributed by atoms with Gasteiger partial charge in [-0.15, -0.1) is 0 Å². The first kappa shape index (κ1) is 22.1. The van der Waals surface area contributed by atoms with Crippen LogP contribution in [0, 0.1) is 13.8 Å². The largest absolute Gasteiger partial charge is 0.488 e. The van der Waals surface area contributed by atoms with Crippen LogP contribution in [0.15, 0.2) is 71.8 Å². The summed E-state index contributed by atoms with van der Waals surface area (Å²) in [4.78, 5) is 24.1. The number of carbonyl (C=O) groups is 2. The van der Waals surface area contributed by atoms with E-state index in [1.54, 1.807) is 30.3 Å². The van der Waals surface area contributed by atoms with Crippen LogP contribution in [0.25, 0.3) is 0 Å². The van der Waals surface area contributed by atoms with Crippen molar-refractivity contribution in [2.24, 2.45) is 5.10 Å². The second-order valence-electron chi connectivity index (χ2n) is 6.87. The van der Waals surface area contributed by atoms with Crippen molar-refractivity contribution in [2.45, 2.75) is 20.5 Å². The minimum atomic E-state index is -0.871. The number of hydrazone groups is 1. The molecule has 0 bridgehead atoms. The van der Waals surface area contributed by atoms with Crippen molar-refractivity contribution in [3.05, 3.63) is 94.0 Å². The summed E-state index contributed by atoms with van der Waals surface area (Å²) in [6.45, 7) is 4.19. The number of amides is 2. The smallest absolute Gasteiger partial charge is 0.329 e. The van der Waals surface area contributed by atoms with Crippen molar-refractivity contribution in [2.75, 3.05) is 5.32 Å². The molecule has 158 valence electrons. The maximum atomic E-state index is 12.1. The number of hydrogen-bond donors (Lipinski definition) is 2. The van der Waals surface area contributed by atoms with Crippen molar-refractivity contribution < 1.29 is 14.3 Å². The molecule has 0 saturated carbocycles. The lowest BCUT2D eigenvalue weighted by Crippen LogP contribution is -2.32. The molecular formula is C24H22ClN3O3. The van der Waals surface area contributed by atoms with Gasteiger partial charge in [0, 0.05) is 21.8 Å². The number of para-hydroxylation sites is 1. The third kappa shape index (κ3) is 6.17. The second-order valence-corrected chi connectivity index (χ2v) is 7.28. The summed E-state index contributed by atoms with van der Waals surface area (Å²) in [6.07, 6.45) is 1.42. The van der Waals surface area contributed by atoms with Gasteiger partial charge in [0.2, 0.25) is 0 Å². The van der Waals surface area contributed by atoms with Crippen LogP contribution in [-0.4, -0.2) is 18.0 Å². The third-order valence-electron chi connectivity index (χ3n) is 4.60. The first-order valence-corrected chi connectivity index (χ1v) is 9.98. The van der Waals surface area contributed by atoms with E-state index in [-0.39, 0.29) is 6.61 Å². The second kappa shape index (κ2) is 10.4. The molecule has 3 aromatic rings. The predicted molar refractivity (Wildman–Crippen MR) is 123 cm³/mol. The fourth-order valence-electron chi connectivity index (χ4n) is 2.71. The van der Waals surface area contributed by atoms with E-state index in [0.717, 1.165) is 16.7 Å². The number of hydrogen-bond acceptors (Lipinski definition) is 4. The van der Waals surface area contributed by atoms with Crippen LogP contribution in [-0.2, 0) is 16.2 Å². The van der Waals surface area contributed by atoms with E-state index in [4.69, 9.17) is 16.3 Å². The lowest BCUT2D eigenvalue weighted by atomic mass is 10.1. The molecule has 0 aliphatic carbocycles. The lowest BCUT2D eigenvalue weighted by molar-refractivity contribution is -0.136. The Balaban J connectivity index is 1.59. The third-order valence-corrected chi connectivity index (χ3v) is 4.97. The van der Waals surface area contributed by atoms with E-state index in [1.807, 2.05) is 50.2 Å². The van der Waals surface area contributed by atoms with Crippen molar-refractivity contribution >= 4 is 35.3 Å². The summed E-state index contributed by atoms with van der Waals surface area (Å²) in [5, 5.41) is 7.05. The molecular weight excluding hydrogens is 414 g/mol. The van der Waals surface area contributed by atoms with Gasteiger partial charge < -0.3 is 10.1 Å². The highest BCUT2D eigenvalue weighted by Crippen LogP contribution is 2.21. The van der Waals surface area contributed by atoms with Gasteiger partial charge in [-0.1, -0.05) is 48.0 Å². The Morgan fingerprint density at radius 2 is 1.71 bits per heavy atom. The predicted octanol–water partition coefficient (Wildman–Crippen LogP) is 4.62. The highest BCUT2D eigenvalue weighted by molar-refractivity contribution is 6.39. The monoisotopic (exact) mass is 435 g/mol. The minimum absolute atomic E-state index is 0.287. The number of nitrogens with one attached hydrogen (secondary N) is 2. The molecule has 0 saturated heterocycles. The molecule has 0 radical (unpaired) electrons. The fraction of sp³-hybridized carbons (Fsp3) is 0.125. The maximum Gasteiger partial charge on any atom is 0.329 e. The van der Waals surface area contributed by atoms with E-state index in [1.165, 1.54) is 6.21 Å². The number of ether oxygens (including phenoxy) is 1. The molecule has 0 aliphatic heterocycles. The molecule has 2 amide bonds. The van der Waals surface area contributed by atoms with Gasteiger partial charge in [0.1, 0.15) is 12.4 Å². The summed E-state index contributed by atoms with van der Waals surface area (Å²) < 4.78 is 5.84. The van der Waals surface area contributed by atoms with E-state index >= 15 is 0 Å². The highest BCUT2D eigenvalue weighted by atomic mass is 35.5. The van der Waals surface area contributed by atoms with E-state index in [2.05, 4.69) is 15.8 Å². The van der Waals surface area contributed by atoms with Gasteiger partial charge in [-0.3, -0.25) is 9.59 Å². The van der Waals surface area contributed by atoms with E-state index in [0.29, 0.717) is 22.0 Å². The summed E-state index contributed by atoms with van der Waals surface area (Å²) in [6, 6.07) is 20.0. The average molecular weight is 436 g/mol. The van der Waals surface area contributed by atoms with Crippen molar-refractivity contribution in [3.8, 4) is 5.75 Å². The summed E-state index contributed by atoms with van der Waals surface area (Å²) in [7, 11) is 0. The Bertz CT molecular complexity index is 1130. The average Bonchev–Trinajstić information content (AvgIpc) is 2.76. The summed E-state index contributed by atoms with van der Waals surface area (Å²) in [5.74, 6) is -1.10. The standard InChI is InChI=1S/C24H22ClN3O3/c1-16-11-12-20(13-17(16)2)27-23(29)24(30)28-26-14-18-7-4-6-10-22(18)31-15-19-8-3-5-9-21(19)25/h3-14H,15H2,1-2H3,(H,27,29)(H,28,30)/b26-14-. The van der Waals surface area contributed by atoms with Gasteiger partial charge in [0.05, 0.1) is 6.21 Å². The number of nitrogens with zero attached hydrogens (tertiary/aromatic N) is 1. The van der Waals surface area contributed by atoms with Crippen LogP contribution in [0.4, 0.5) is 5.69 Å². The summed E-state index contributed by atoms with van der Waals surface area (Å²) in [5.41, 5.74) is 6.39. The molecule has 6 nitrogen and oxygen atoms in total. The first-order chi connectivity index (χ1) is 14.9. The molecule has 2 N–H and O–H groups in total. The molecule has 7 heteroatoms. The number of carbonyl (C=O) groups excluding carboxylic acids is 2. The zero-order valence-electron chi connectivity index (χ0n) is 17.2. The van der Waals surface area contributed by atoms with Crippen molar-refractivity contribution in [1.29, 1.82) is 0 Å². The van der Waals surface area contributed by atoms with Crippen LogP contribution >= 0.6 is 11.6 Å². The van der Waals surface area contributed by atoms with Gasteiger partial charge in [-0.25, -0.2) is 5.43 Å². The normalized spacial score (nSPS) is 10.7. The number of benzene rings is 3. The Labute approximate surface area is 185 Å². The molecule has 0 aliphatic rings. The first-order valence-electron chi connectivity index (χ1n) is 9.61. The Morgan fingerprint density at radius 1 is 0.968 bits per heavy atom. The number of anilines is 1. The molecule has 0 atom stereocenters.